The average Bonchev–Trinajstić information content (AvgIpc) is 3.05. The molecule has 0 aliphatic carbocycles. The highest BCUT2D eigenvalue weighted by atomic mass is 16.3. The fourth-order valence-electron chi connectivity index (χ4n) is 3.72. The summed E-state index contributed by atoms with van der Waals surface area (Å²) in [5.41, 5.74) is 5.65. The number of benzene rings is 1. The predicted molar refractivity (Wildman–Crippen MR) is 99.9 cm³/mol. The Labute approximate surface area is 151 Å². The van der Waals surface area contributed by atoms with Crippen molar-refractivity contribution >= 4 is 29.1 Å². The SMILES string of the molecule is O=C(CN1CCC2=C3C(=Nc4ccccc43)C=NC2C1)NCC(O)CO. The van der Waals surface area contributed by atoms with E-state index < -0.39 is 6.10 Å². The molecule has 0 saturated carbocycles. The third-order valence-corrected chi connectivity index (χ3v) is 5.01. The van der Waals surface area contributed by atoms with Crippen LogP contribution in [0.3, 0.4) is 0 Å². The molecule has 1 aromatic carbocycles. The monoisotopic (exact) mass is 354 g/mol. The summed E-state index contributed by atoms with van der Waals surface area (Å²) < 4.78 is 0. The number of hydrogen-bond acceptors (Lipinski definition) is 6. The number of nitrogens with zero attached hydrogens (tertiary/aromatic N) is 3. The molecule has 7 heteroatoms. The summed E-state index contributed by atoms with van der Waals surface area (Å²) in [6.45, 7) is 1.46. The van der Waals surface area contributed by atoms with E-state index in [9.17, 15) is 9.90 Å². The molecule has 3 N–H and O–H groups in total. The van der Waals surface area contributed by atoms with Gasteiger partial charge >= 0.3 is 0 Å². The largest absolute Gasteiger partial charge is 0.394 e. The van der Waals surface area contributed by atoms with Crippen molar-refractivity contribution in [1.82, 2.24) is 10.2 Å². The van der Waals surface area contributed by atoms with Crippen LogP contribution >= 0.6 is 0 Å². The number of amides is 1. The van der Waals surface area contributed by atoms with Crippen LogP contribution in [0.1, 0.15) is 12.0 Å². The molecule has 4 rings (SSSR count). The predicted octanol–water partition coefficient (Wildman–Crippen LogP) is 0.154. The maximum absolute atomic E-state index is 12.0. The first-order valence-electron chi connectivity index (χ1n) is 8.88. The molecule has 3 aliphatic heterocycles. The molecule has 136 valence electrons. The Balaban J connectivity index is 1.44. The lowest BCUT2D eigenvalue weighted by Gasteiger charge is -2.35. The van der Waals surface area contributed by atoms with E-state index in [4.69, 9.17) is 5.11 Å². The number of dihydropyridines is 1. The van der Waals surface area contributed by atoms with E-state index in [0.717, 1.165) is 24.4 Å². The van der Waals surface area contributed by atoms with E-state index in [0.29, 0.717) is 6.54 Å². The quantitative estimate of drug-likeness (QED) is 0.701. The van der Waals surface area contributed by atoms with Crippen LogP contribution in [0.2, 0.25) is 0 Å². The van der Waals surface area contributed by atoms with E-state index in [1.54, 1.807) is 0 Å². The van der Waals surface area contributed by atoms with Gasteiger partial charge in [-0.25, -0.2) is 4.99 Å². The smallest absolute Gasteiger partial charge is 0.234 e. The zero-order valence-corrected chi connectivity index (χ0v) is 14.4. The zero-order chi connectivity index (χ0) is 18.1. The number of carbonyl (C=O) groups excluding carboxylic acids is 1. The second kappa shape index (κ2) is 7.11. The summed E-state index contributed by atoms with van der Waals surface area (Å²) in [5, 5.41) is 20.8. The van der Waals surface area contributed by atoms with Crippen molar-refractivity contribution in [1.29, 1.82) is 0 Å². The Morgan fingerprint density at radius 1 is 1.38 bits per heavy atom. The van der Waals surface area contributed by atoms with Gasteiger partial charge in [0, 0.05) is 37.0 Å². The molecule has 1 saturated heterocycles. The van der Waals surface area contributed by atoms with Crippen LogP contribution in [0.4, 0.5) is 5.69 Å². The van der Waals surface area contributed by atoms with Gasteiger partial charge in [-0.2, -0.15) is 0 Å². The number of aliphatic hydroxyl groups is 2. The van der Waals surface area contributed by atoms with Crippen molar-refractivity contribution in [3.63, 3.8) is 0 Å². The van der Waals surface area contributed by atoms with E-state index in [1.165, 1.54) is 16.7 Å². The van der Waals surface area contributed by atoms with Gasteiger partial charge in [0.15, 0.2) is 0 Å². The van der Waals surface area contributed by atoms with E-state index in [1.807, 2.05) is 24.4 Å². The fourth-order valence-corrected chi connectivity index (χ4v) is 3.72. The number of fused-ring (bicyclic) bond motifs is 4. The van der Waals surface area contributed by atoms with Gasteiger partial charge in [0.25, 0.3) is 0 Å². The highest BCUT2D eigenvalue weighted by molar-refractivity contribution is 6.54. The van der Waals surface area contributed by atoms with Crippen LogP contribution in [-0.2, 0) is 4.79 Å². The number of para-hydroxylation sites is 1. The Morgan fingerprint density at radius 3 is 3.08 bits per heavy atom. The maximum atomic E-state index is 12.0. The van der Waals surface area contributed by atoms with Crippen LogP contribution < -0.4 is 5.32 Å². The van der Waals surface area contributed by atoms with E-state index in [-0.39, 0.29) is 31.6 Å². The second-order valence-corrected chi connectivity index (χ2v) is 6.83. The molecule has 2 atom stereocenters. The Morgan fingerprint density at radius 2 is 2.23 bits per heavy atom. The average molecular weight is 354 g/mol. The molecule has 0 bridgehead atoms. The molecule has 1 aromatic rings. The summed E-state index contributed by atoms with van der Waals surface area (Å²) in [6.07, 6.45) is 1.79. The molecule has 2 unspecified atom stereocenters. The van der Waals surface area contributed by atoms with Crippen molar-refractivity contribution in [2.24, 2.45) is 9.98 Å². The molecule has 1 amide bonds. The maximum Gasteiger partial charge on any atom is 0.234 e. The van der Waals surface area contributed by atoms with Crippen molar-refractivity contribution in [2.75, 3.05) is 32.8 Å². The van der Waals surface area contributed by atoms with Gasteiger partial charge < -0.3 is 15.5 Å². The summed E-state index contributed by atoms with van der Waals surface area (Å²) in [5.74, 6) is -0.151. The van der Waals surface area contributed by atoms with Crippen molar-refractivity contribution in [2.45, 2.75) is 18.6 Å². The van der Waals surface area contributed by atoms with Crippen molar-refractivity contribution < 1.29 is 15.0 Å². The second-order valence-electron chi connectivity index (χ2n) is 6.83. The first-order valence-corrected chi connectivity index (χ1v) is 8.88. The van der Waals surface area contributed by atoms with Gasteiger partial charge in [-0.05, 0) is 18.1 Å². The molecule has 1 fully saturated rings. The standard InChI is InChI=1S/C19H22N4O3/c24-11-12(25)7-21-18(26)10-23-6-5-14-17(9-23)20-8-16-19(14)13-3-1-2-4-15(13)22-16/h1-4,8,12,17,24-25H,5-7,9-11H2,(H,21,26). The van der Waals surface area contributed by atoms with Crippen LogP contribution in [0.5, 0.6) is 0 Å². The van der Waals surface area contributed by atoms with Gasteiger partial charge in [-0.15, -0.1) is 0 Å². The number of likely N-dealkylation sites (tertiary alicyclic amines) is 1. The lowest BCUT2D eigenvalue weighted by atomic mass is 9.86. The highest BCUT2D eigenvalue weighted by Gasteiger charge is 2.34. The number of aliphatic imine (C=N–C) groups is 2. The third-order valence-electron chi connectivity index (χ3n) is 5.01. The number of aliphatic hydroxyl groups excluding tert-OH is 2. The minimum absolute atomic E-state index is 0.0553. The Bertz CT molecular complexity index is 815. The summed E-state index contributed by atoms with van der Waals surface area (Å²) in [7, 11) is 0. The summed E-state index contributed by atoms with van der Waals surface area (Å²) >= 11 is 0. The van der Waals surface area contributed by atoms with Gasteiger partial charge in [0.2, 0.25) is 5.91 Å². The molecule has 0 spiro atoms. The van der Waals surface area contributed by atoms with Crippen molar-refractivity contribution in [3.05, 3.63) is 35.4 Å². The zero-order valence-electron chi connectivity index (χ0n) is 14.4. The number of hydrogen-bond donors (Lipinski definition) is 3. The van der Waals surface area contributed by atoms with E-state index >= 15 is 0 Å². The number of nitrogens with one attached hydrogen (secondary N) is 1. The van der Waals surface area contributed by atoms with Gasteiger partial charge in [-0.3, -0.25) is 14.7 Å². The third kappa shape index (κ3) is 3.21. The first kappa shape index (κ1) is 17.1. The fraction of sp³-hybridized carbons (Fsp3) is 0.421. The Hall–Kier alpha value is -2.35. The number of piperidine rings is 1. The van der Waals surface area contributed by atoms with Crippen LogP contribution in [0.25, 0.3) is 5.57 Å². The number of allylic oxidation sites excluding steroid dienone is 1. The lowest BCUT2D eigenvalue weighted by molar-refractivity contribution is -0.123. The molecule has 3 heterocycles. The van der Waals surface area contributed by atoms with Crippen LogP contribution in [-0.4, -0.2) is 77.9 Å². The van der Waals surface area contributed by atoms with E-state index in [2.05, 4.69) is 26.3 Å². The van der Waals surface area contributed by atoms with Crippen LogP contribution in [0, 0.1) is 0 Å². The summed E-state index contributed by atoms with van der Waals surface area (Å²) in [6, 6.07) is 8.22. The number of carbonyl (C=O) groups is 1. The van der Waals surface area contributed by atoms with Crippen molar-refractivity contribution in [3.8, 4) is 0 Å². The molecule has 0 aromatic heterocycles. The minimum Gasteiger partial charge on any atom is -0.394 e. The van der Waals surface area contributed by atoms with Gasteiger partial charge in [0.1, 0.15) is 0 Å². The molecular formula is C19H22N4O3. The summed E-state index contributed by atoms with van der Waals surface area (Å²) in [4.78, 5) is 23.4. The highest BCUT2D eigenvalue weighted by Crippen LogP contribution is 2.40. The Kier molecular flexibility index (Phi) is 4.67. The molecule has 7 nitrogen and oxygen atoms in total. The van der Waals surface area contributed by atoms with Gasteiger partial charge in [0.05, 0.1) is 36.7 Å². The molecule has 0 radical (unpaired) electrons. The first-order chi connectivity index (χ1) is 12.7. The lowest BCUT2D eigenvalue weighted by Crippen LogP contribution is -2.47. The molecular weight excluding hydrogens is 332 g/mol. The topological polar surface area (TPSA) is 97.5 Å². The van der Waals surface area contributed by atoms with Gasteiger partial charge in [-0.1, -0.05) is 18.2 Å². The molecule has 26 heavy (non-hydrogen) atoms. The van der Waals surface area contributed by atoms with Crippen LogP contribution in [0.15, 0.2) is 39.8 Å². The minimum atomic E-state index is -0.917. The molecule has 3 aliphatic rings. The number of rotatable bonds is 5. The normalized spacial score (nSPS) is 22.4.